The number of amides is 2. The van der Waals surface area contributed by atoms with Crippen LogP contribution >= 0.6 is 11.6 Å². The Balaban J connectivity index is 1.83. The molecule has 1 N–H and O–H groups in total. The van der Waals surface area contributed by atoms with E-state index in [2.05, 4.69) is 5.32 Å². The topological polar surface area (TPSA) is 49.4 Å². The van der Waals surface area contributed by atoms with Crippen molar-refractivity contribution >= 4 is 34.8 Å². The van der Waals surface area contributed by atoms with Gasteiger partial charge in [0.15, 0.2) is 0 Å². The SMILES string of the molecule is Cc1ccc(NC(=O)c2cccc(Cl)c2)cc1N1CCCC1=O. The standard InChI is InChI=1S/C18H17ClN2O2/c1-12-7-8-15(11-16(12)21-9-3-6-17(21)22)20-18(23)13-4-2-5-14(19)10-13/h2,4-5,7-8,10-11H,3,6,9H2,1H3,(H,20,23). The normalized spacial score (nSPS) is 14.2. The monoisotopic (exact) mass is 328 g/mol. The van der Waals surface area contributed by atoms with Gasteiger partial charge in [0.05, 0.1) is 0 Å². The van der Waals surface area contributed by atoms with E-state index in [1.54, 1.807) is 29.2 Å². The first kappa shape index (κ1) is 15.6. The number of carbonyl (C=O) groups excluding carboxylic acids is 2. The van der Waals surface area contributed by atoms with Crippen LogP contribution in [-0.2, 0) is 4.79 Å². The van der Waals surface area contributed by atoms with Crippen LogP contribution in [0.15, 0.2) is 42.5 Å². The average molecular weight is 329 g/mol. The maximum Gasteiger partial charge on any atom is 0.255 e. The number of rotatable bonds is 3. The first-order valence-electron chi connectivity index (χ1n) is 7.52. The summed E-state index contributed by atoms with van der Waals surface area (Å²) in [5.41, 5.74) is 3.03. The zero-order valence-electron chi connectivity index (χ0n) is 12.8. The maximum absolute atomic E-state index is 12.3. The van der Waals surface area contributed by atoms with E-state index in [1.165, 1.54) is 0 Å². The number of hydrogen-bond acceptors (Lipinski definition) is 2. The minimum atomic E-state index is -0.227. The summed E-state index contributed by atoms with van der Waals surface area (Å²) in [7, 11) is 0. The number of aryl methyl sites for hydroxylation is 1. The third-order valence-corrected chi connectivity index (χ3v) is 4.15. The molecule has 2 aromatic carbocycles. The predicted molar refractivity (Wildman–Crippen MR) is 92.2 cm³/mol. The lowest BCUT2D eigenvalue weighted by Crippen LogP contribution is -2.24. The summed E-state index contributed by atoms with van der Waals surface area (Å²) in [6, 6.07) is 12.4. The Labute approximate surface area is 140 Å². The minimum Gasteiger partial charge on any atom is -0.322 e. The molecule has 0 atom stereocenters. The fraction of sp³-hybridized carbons (Fsp3) is 0.222. The van der Waals surface area contributed by atoms with Crippen molar-refractivity contribution < 1.29 is 9.59 Å². The van der Waals surface area contributed by atoms with Gasteiger partial charge in [-0.1, -0.05) is 23.7 Å². The van der Waals surface area contributed by atoms with Gasteiger partial charge in [-0.05, 0) is 49.2 Å². The highest BCUT2D eigenvalue weighted by Crippen LogP contribution is 2.28. The molecule has 2 aromatic rings. The predicted octanol–water partition coefficient (Wildman–Crippen LogP) is 4.03. The Hall–Kier alpha value is -2.33. The van der Waals surface area contributed by atoms with Gasteiger partial charge >= 0.3 is 0 Å². The van der Waals surface area contributed by atoms with Crippen LogP contribution in [0, 0.1) is 6.92 Å². The molecule has 1 saturated heterocycles. The Morgan fingerprint density at radius 2 is 2.04 bits per heavy atom. The van der Waals surface area contributed by atoms with E-state index in [0.717, 1.165) is 24.2 Å². The third-order valence-electron chi connectivity index (χ3n) is 3.92. The molecule has 1 heterocycles. The molecule has 0 radical (unpaired) electrons. The van der Waals surface area contributed by atoms with Crippen molar-refractivity contribution in [1.29, 1.82) is 0 Å². The zero-order chi connectivity index (χ0) is 16.4. The van der Waals surface area contributed by atoms with Crippen LogP contribution in [0.1, 0.15) is 28.8 Å². The van der Waals surface area contributed by atoms with Crippen molar-refractivity contribution in [1.82, 2.24) is 0 Å². The molecule has 1 aliphatic heterocycles. The number of benzene rings is 2. The van der Waals surface area contributed by atoms with Gasteiger partial charge in [0, 0.05) is 34.9 Å². The van der Waals surface area contributed by atoms with E-state index in [1.807, 2.05) is 25.1 Å². The van der Waals surface area contributed by atoms with Crippen molar-refractivity contribution in [2.24, 2.45) is 0 Å². The number of anilines is 2. The molecule has 0 bridgehead atoms. The van der Waals surface area contributed by atoms with Crippen molar-refractivity contribution in [2.75, 3.05) is 16.8 Å². The number of nitrogens with zero attached hydrogens (tertiary/aromatic N) is 1. The maximum atomic E-state index is 12.3. The molecule has 5 heteroatoms. The second kappa shape index (κ2) is 6.42. The quantitative estimate of drug-likeness (QED) is 0.924. The van der Waals surface area contributed by atoms with E-state index in [4.69, 9.17) is 11.6 Å². The zero-order valence-corrected chi connectivity index (χ0v) is 13.6. The van der Waals surface area contributed by atoms with Crippen LogP contribution in [0.4, 0.5) is 11.4 Å². The molecule has 3 rings (SSSR count). The molecular formula is C18H17ClN2O2. The van der Waals surface area contributed by atoms with Gasteiger partial charge in [-0.2, -0.15) is 0 Å². The van der Waals surface area contributed by atoms with Crippen molar-refractivity contribution in [3.05, 3.63) is 58.6 Å². The summed E-state index contributed by atoms with van der Waals surface area (Å²) in [4.78, 5) is 26.0. The Bertz CT molecular complexity index is 773. The van der Waals surface area contributed by atoms with E-state index in [0.29, 0.717) is 22.7 Å². The van der Waals surface area contributed by atoms with Crippen LogP contribution in [-0.4, -0.2) is 18.4 Å². The fourth-order valence-corrected chi connectivity index (χ4v) is 2.90. The Morgan fingerprint density at radius 3 is 2.74 bits per heavy atom. The third kappa shape index (κ3) is 3.37. The van der Waals surface area contributed by atoms with E-state index < -0.39 is 0 Å². The second-order valence-electron chi connectivity index (χ2n) is 5.61. The number of nitrogens with one attached hydrogen (secondary N) is 1. The molecule has 2 amide bonds. The summed E-state index contributed by atoms with van der Waals surface area (Å²) in [5, 5.41) is 3.37. The molecular weight excluding hydrogens is 312 g/mol. The lowest BCUT2D eigenvalue weighted by Gasteiger charge is -2.19. The van der Waals surface area contributed by atoms with Gasteiger partial charge in [-0.25, -0.2) is 0 Å². The van der Waals surface area contributed by atoms with E-state index in [-0.39, 0.29) is 11.8 Å². The van der Waals surface area contributed by atoms with Gasteiger partial charge in [-0.3, -0.25) is 9.59 Å². The largest absolute Gasteiger partial charge is 0.322 e. The van der Waals surface area contributed by atoms with E-state index >= 15 is 0 Å². The average Bonchev–Trinajstić information content (AvgIpc) is 2.95. The number of halogens is 1. The van der Waals surface area contributed by atoms with Crippen LogP contribution in [0.5, 0.6) is 0 Å². The first-order valence-corrected chi connectivity index (χ1v) is 7.90. The minimum absolute atomic E-state index is 0.131. The van der Waals surface area contributed by atoms with Gasteiger partial charge < -0.3 is 10.2 Å². The van der Waals surface area contributed by atoms with Crippen LogP contribution in [0.2, 0.25) is 5.02 Å². The lowest BCUT2D eigenvalue weighted by atomic mass is 10.1. The highest BCUT2D eigenvalue weighted by molar-refractivity contribution is 6.31. The summed E-state index contributed by atoms with van der Waals surface area (Å²) in [6.07, 6.45) is 1.45. The van der Waals surface area contributed by atoms with Gasteiger partial charge in [-0.15, -0.1) is 0 Å². The van der Waals surface area contributed by atoms with Gasteiger partial charge in [0.2, 0.25) is 5.91 Å². The summed E-state index contributed by atoms with van der Waals surface area (Å²) in [6.45, 7) is 2.69. The summed E-state index contributed by atoms with van der Waals surface area (Å²) in [5.74, 6) is -0.0959. The Kier molecular flexibility index (Phi) is 4.35. The molecule has 1 aliphatic rings. The molecule has 118 valence electrons. The second-order valence-corrected chi connectivity index (χ2v) is 6.05. The molecule has 0 saturated carbocycles. The van der Waals surface area contributed by atoms with Crippen molar-refractivity contribution in [2.45, 2.75) is 19.8 Å². The highest BCUT2D eigenvalue weighted by Gasteiger charge is 2.23. The fourth-order valence-electron chi connectivity index (χ4n) is 2.71. The smallest absolute Gasteiger partial charge is 0.255 e. The van der Waals surface area contributed by atoms with E-state index in [9.17, 15) is 9.59 Å². The molecule has 0 aromatic heterocycles. The van der Waals surface area contributed by atoms with Crippen molar-refractivity contribution in [3.63, 3.8) is 0 Å². The van der Waals surface area contributed by atoms with Crippen molar-refractivity contribution in [3.8, 4) is 0 Å². The molecule has 0 unspecified atom stereocenters. The lowest BCUT2D eigenvalue weighted by molar-refractivity contribution is -0.117. The van der Waals surface area contributed by atoms with Gasteiger partial charge in [0.1, 0.15) is 0 Å². The summed E-state index contributed by atoms with van der Waals surface area (Å²) >= 11 is 5.92. The Morgan fingerprint density at radius 1 is 1.22 bits per heavy atom. The molecule has 4 nitrogen and oxygen atoms in total. The first-order chi connectivity index (χ1) is 11.0. The molecule has 0 aliphatic carbocycles. The van der Waals surface area contributed by atoms with Crippen LogP contribution in [0.3, 0.4) is 0 Å². The molecule has 0 spiro atoms. The molecule has 1 fully saturated rings. The number of hydrogen-bond donors (Lipinski definition) is 1. The highest BCUT2D eigenvalue weighted by atomic mass is 35.5. The number of carbonyl (C=O) groups is 2. The van der Waals surface area contributed by atoms with Crippen LogP contribution < -0.4 is 10.2 Å². The van der Waals surface area contributed by atoms with Crippen LogP contribution in [0.25, 0.3) is 0 Å². The van der Waals surface area contributed by atoms with Gasteiger partial charge in [0.25, 0.3) is 5.91 Å². The summed E-state index contributed by atoms with van der Waals surface area (Å²) < 4.78 is 0. The molecule has 23 heavy (non-hydrogen) atoms.